The predicted octanol–water partition coefficient (Wildman–Crippen LogP) is 5.21. The maximum atomic E-state index is 12.6. The standard InChI is InChI=1S/C22H20Cl2N2O5S/c1-14(31-18-5-3-4-17(13-18)30-2)22(27)25-16-7-9-19(10-8-16)32(28,29)26-21-11-6-15(23)12-20(21)24/h3-14,26H,1-2H3,(H,25,27). The molecular weight excluding hydrogens is 475 g/mol. The van der Waals surface area contributed by atoms with Gasteiger partial charge in [-0.05, 0) is 61.5 Å². The van der Waals surface area contributed by atoms with Gasteiger partial charge in [0, 0.05) is 16.8 Å². The molecule has 0 aliphatic carbocycles. The fourth-order valence-corrected chi connectivity index (χ4v) is 4.26. The molecule has 0 heterocycles. The number of methoxy groups -OCH3 is 1. The number of nitrogens with one attached hydrogen (secondary N) is 2. The summed E-state index contributed by atoms with van der Waals surface area (Å²) in [7, 11) is -2.34. The zero-order valence-corrected chi connectivity index (χ0v) is 19.5. The molecule has 0 fully saturated rings. The maximum absolute atomic E-state index is 12.6. The first-order valence-electron chi connectivity index (χ1n) is 9.37. The van der Waals surface area contributed by atoms with Gasteiger partial charge in [0.05, 0.1) is 22.7 Å². The lowest BCUT2D eigenvalue weighted by Gasteiger charge is -2.15. The first-order valence-corrected chi connectivity index (χ1v) is 11.6. The quantitative estimate of drug-likeness (QED) is 0.448. The van der Waals surface area contributed by atoms with Crippen LogP contribution in [-0.2, 0) is 14.8 Å². The summed E-state index contributed by atoms with van der Waals surface area (Å²) in [5.41, 5.74) is 0.622. The molecule has 0 spiro atoms. The molecule has 0 saturated heterocycles. The summed E-state index contributed by atoms with van der Waals surface area (Å²) in [5, 5.41) is 3.26. The summed E-state index contributed by atoms with van der Waals surface area (Å²) in [6.07, 6.45) is -0.792. The largest absolute Gasteiger partial charge is 0.497 e. The number of benzene rings is 3. The van der Waals surface area contributed by atoms with Gasteiger partial charge < -0.3 is 14.8 Å². The highest BCUT2D eigenvalue weighted by Gasteiger charge is 2.18. The third-order valence-electron chi connectivity index (χ3n) is 4.33. The molecular formula is C22H20Cl2N2O5S. The topological polar surface area (TPSA) is 93.7 Å². The molecule has 0 radical (unpaired) electrons. The van der Waals surface area contributed by atoms with Crippen LogP contribution in [-0.4, -0.2) is 27.5 Å². The van der Waals surface area contributed by atoms with E-state index in [-0.39, 0.29) is 15.6 Å². The number of sulfonamides is 1. The van der Waals surface area contributed by atoms with E-state index in [1.165, 1.54) is 42.5 Å². The van der Waals surface area contributed by atoms with Crippen LogP contribution in [0.4, 0.5) is 11.4 Å². The second-order valence-corrected chi connectivity index (χ2v) is 9.21. The number of hydrogen-bond acceptors (Lipinski definition) is 5. The van der Waals surface area contributed by atoms with Crippen LogP contribution < -0.4 is 19.5 Å². The Balaban J connectivity index is 1.64. The summed E-state index contributed by atoms with van der Waals surface area (Å²) >= 11 is 11.9. The minimum Gasteiger partial charge on any atom is -0.497 e. The fourth-order valence-electron chi connectivity index (χ4n) is 2.67. The molecule has 0 aliphatic heterocycles. The van der Waals surface area contributed by atoms with Gasteiger partial charge >= 0.3 is 0 Å². The molecule has 32 heavy (non-hydrogen) atoms. The van der Waals surface area contributed by atoms with E-state index in [0.717, 1.165) is 0 Å². The van der Waals surface area contributed by atoms with Gasteiger partial charge in [-0.2, -0.15) is 0 Å². The van der Waals surface area contributed by atoms with E-state index in [0.29, 0.717) is 22.2 Å². The van der Waals surface area contributed by atoms with Crippen LogP contribution in [0.1, 0.15) is 6.92 Å². The van der Waals surface area contributed by atoms with E-state index in [4.69, 9.17) is 32.7 Å². The van der Waals surface area contributed by atoms with Gasteiger partial charge in [0.1, 0.15) is 11.5 Å². The number of halogens is 2. The van der Waals surface area contributed by atoms with E-state index in [2.05, 4.69) is 10.0 Å². The van der Waals surface area contributed by atoms with Crippen molar-refractivity contribution in [2.24, 2.45) is 0 Å². The van der Waals surface area contributed by atoms with E-state index in [1.807, 2.05) is 0 Å². The molecule has 1 amide bonds. The summed E-state index contributed by atoms with van der Waals surface area (Å²) < 4.78 is 38.4. The molecule has 1 unspecified atom stereocenters. The highest BCUT2D eigenvalue weighted by molar-refractivity contribution is 7.92. The highest BCUT2D eigenvalue weighted by atomic mass is 35.5. The first-order chi connectivity index (χ1) is 15.2. The SMILES string of the molecule is COc1cccc(OC(C)C(=O)Nc2ccc(S(=O)(=O)Nc3ccc(Cl)cc3Cl)cc2)c1. The molecule has 0 bridgehead atoms. The number of carbonyl (C=O) groups excluding carboxylic acids is 1. The van der Waals surface area contributed by atoms with Crippen LogP contribution in [0.3, 0.4) is 0 Å². The van der Waals surface area contributed by atoms with Crippen LogP contribution in [0.15, 0.2) is 71.6 Å². The van der Waals surface area contributed by atoms with Crippen molar-refractivity contribution in [2.75, 3.05) is 17.1 Å². The van der Waals surface area contributed by atoms with Crippen molar-refractivity contribution >= 4 is 50.5 Å². The second-order valence-electron chi connectivity index (χ2n) is 6.68. The summed E-state index contributed by atoms with van der Waals surface area (Å²) in [4.78, 5) is 12.4. The Morgan fingerprint density at radius 2 is 1.66 bits per heavy atom. The first kappa shape index (κ1) is 23.7. The molecule has 10 heteroatoms. The van der Waals surface area contributed by atoms with Crippen molar-refractivity contribution in [1.29, 1.82) is 0 Å². The lowest BCUT2D eigenvalue weighted by atomic mass is 10.3. The Morgan fingerprint density at radius 3 is 2.31 bits per heavy atom. The normalized spacial score (nSPS) is 12.0. The number of ether oxygens (including phenoxy) is 2. The van der Waals surface area contributed by atoms with Crippen molar-refractivity contribution < 1.29 is 22.7 Å². The fraction of sp³-hybridized carbons (Fsp3) is 0.136. The van der Waals surface area contributed by atoms with E-state index < -0.39 is 22.0 Å². The van der Waals surface area contributed by atoms with Gasteiger partial charge in [-0.1, -0.05) is 29.3 Å². The molecule has 0 aromatic heterocycles. The average Bonchev–Trinajstić information content (AvgIpc) is 2.76. The molecule has 3 aromatic rings. The Morgan fingerprint density at radius 1 is 0.969 bits per heavy atom. The van der Waals surface area contributed by atoms with Crippen molar-refractivity contribution in [3.8, 4) is 11.5 Å². The third-order valence-corrected chi connectivity index (χ3v) is 6.26. The molecule has 3 aromatic carbocycles. The number of rotatable bonds is 8. The molecule has 2 N–H and O–H groups in total. The van der Waals surface area contributed by atoms with Gasteiger partial charge in [-0.3, -0.25) is 9.52 Å². The van der Waals surface area contributed by atoms with Crippen LogP contribution in [0.5, 0.6) is 11.5 Å². The minimum absolute atomic E-state index is 0.00203. The third kappa shape index (κ3) is 6.06. The van der Waals surface area contributed by atoms with Crippen LogP contribution in [0, 0.1) is 0 Å². The number of amides is 1. The Hall–Kier alpha value is -2.94. The summed E-state index contributed by atoms with van der Waals surface area (Å²) in [6, 6.07) is 17.0. The van der Waals surface area contributed by atoms with Gasteiger partial charge in [0.15, 0.2) is 6.10 Å². The minimum atomic E-state index is -3.88. The smallest absolute Gasteiger partial charge is 0.265 e. The number of hydrogen-bond donors (Lipinski definition) is 2. The summed E-state index contributed by atoms with van der Waals surface area (Å²) in [6.45, 7) is 1.60. The van der Waals surface area contributed by atoms with E-state index >= 15 is 0 Å². The Bertz CT molecular complexity index is 1220. The molecule has 3 rings (SSSR count). The van der Waals surface area contributed by atoms with E-state index in [1.54, 1.807) is 38.3 Å². The maximum Gasteiger partial charge on any atom is 0.265 e. The lowest BCUT2D eigenvalue weighted by molar-refractivity contribution is -0.122. The van der Waals surface area contributed by atoms with Gasteiger partial charge in [0.2, 0.25) is 0 Å². The monoisotopic (exact) mass is 494 g/mol. The molecule has 7 nitrogen and oxygen atoms in total. The van der Waals surface area contributed by atoms with Crippen molar-refractivity contribution in [2.45, 2.75) is 17.9 Å². The van der Waals surface area contributed by atoms with Crippen LogP contribution in [0.2, 0.25) is 10.0 Å². The van der Waals surface area contributed by atoms with Crippen molar-refractivity contribution in [1.82, 2.24) is 0 Å². The molecule has 0 aliphatic rings. The van der Waals surface area contributed by atoms with Crippen molar-refractivity contribution in [3.63, 3.8) is 0 Å². The molecule has 1 atom stereocenters. The van der Waals surface area contributed by atoms with Crippen molar-refractivity contribution in [3.05, 3.63) is 76.8 Å². The summed E-state index contributed by atoms with van der Waals surface area (Å²) in [5.74, 6) is 0.704. The zero-order valence-electron chi connectivity index (χ0n) is 17.1. The average molecular weight is 495 g/mol. The molecule has 168 valence electrons. The highest BCUT2D eigenvalue weighted by Crippen LogP contribution is 2.28. The van der Waals surface area contributed by atoms with Crippen LogP contribution >= 0.6 is 23.2 Å². The lowest BCUT2D eigenvalue weighted by Crippen LogP contribution is -2.30. The zero-order chi connectivity index (χ0) is 23.3. The number of carbonyl (C=O) groups is 1. The Labute approximate surface area is 196 Å². The van der Waals surface area contributed by atoms with Crippen LogP contribution in [0.25, 0.3) is 0 Å². The van der Waals surface area contributed by atoms with Gasteiger partial charge in [-0.25, -0.2) is 8.42 Å². The predicted molar refractivity (Wildman–Crippen MR) is 125 cm³/mol. The van der Waals surface area contributed by atoms with E-state index in [9.17, 15) is 13.2 Å². The second kappa shape index (κ2) is 10.1. The van der Waals surface area contributed by atoms with Gasteiger partial charge in [-0.15, -0.1) is 0 Å². The number of anilines is 2. The molecule has 0 saturated carbocycles. The van der Waals surface area contributed by atoms with Gasteiger partial charge in [0.25, 0.3) is 15.9 Å². The Kier molecular flexibility index (Phi) is 7.50.